The predicted octanol–water partition coefficient (Wildman–Crippen LogP) is 0.149. The lowest BCUT2D eigenvalue weighted by atomic mass is 10.3. The van der Waals surface area contributed by atoms with Crippen molar-refractivity contribution in [2.45, 2.75) is 44.8 Å². The monoisotopic (exact) mass is 229 g/mol. The molecule has 2 amide bonds. The van der Waals surface area contributed by atoms with E-state index in [2.05, 4.69) is 29.5 Å². The Morgan fingerprint density at radius 2 is 2.12 bits per heavy atom. The quantitative estimate of drug-likeness (QED) is 0.607. The van der Waals surface area contributed by atoms with Gasteiger partial charge in [-0.3, -0.25) is 4.90 Å². The third-order valence-corrected chi connectivity index (χ3v) is 3.03. The number of hydrogen-bond acceptors (Lipinski definition) is 3. The van der Waals surface area contributed by atoms with Crippen LogP contribution in [0.2, 0.25) is 0 Å². The standard InChI is InChI=1S/C11H23N3O2/c1-8(7-15)13-11(16)12-6-9(2)14(3)10-4-5-10/h8-10,15H,4-7H2,1-3H3,(H2,12,13,16)/t8-,9?/m0/s1. The molecule has 0 spiro atoms. The summed E-state index contributed by atoms with van der Waals surface area (Å²) in [5.74, 6) is 0. The Balaban J connectivity index is 2.15. The van der Waals surface area contributed by atoms with Crippen LogP contribution in [0.4, 0.5) is 4.79 Å². The summed E-state index contributed by atoms with van der Waals surface area (Å²) in [4.78, 5) is 13.7. The van der Waals surface area contributed by atoms with Crippen LogP contribution >= 0.6 is 0 Å². The molecule has 0 radical (unpaired) electrons. The molecule has 1 rings (SSSR count). The van der Waals surface area contributed by atoms with Crippen molar-refractivity contribution in [3.8, 4) is 0 Å². The second kappa shape index (κ2) is 6.06. The van der Waals surface area contributed by atoms with E-state index in [9.17, 15) is 4.79 Å². The van der Waals surface area contributed by atoms with E-state index >= 15 is 0 Å². The van der Waals surface area contributed by atoms with Gasteiger partial charge in [0.15, 0.2) is 0 Å². The van der Waals surface area contributed by atoms with E-state index in [1.165, 1.54) is 12.8 Å². The lowest BCUT2D eigenvalue weighted by Gasteiger charge is -2.25. The Bertz CT molecular complexity index is 231. The van der Waals surface area contributed by atoms with Crippen molar-refractivity contribution in [3.63, 3.8) is 0 Å². The summed E-state index contributed by atoms with van der Waals surface area (Å²) in [6.07, 6.45) is 2.54. The highest BCUT2D eigenvalue weighted by atomic mass is 16.3. The van der Waals surface area contributed by atoms with Crippen LogP contribution in [-0.4, -0.2) is 54.4 Å². The second-order valence-corrected chi connectivity index (χ2v) is 4.68. The summed E-state index contributed by atoms with van der Waals surface area (Å²) in [5.41, 5.74) is 0. The number of rotatable bonds is 6. The number of likely N-dealkylation sites (N-methyl/N-ethyl adjacent to an activating group) is 1. The number of aliphatic hydroxyl groups is 1. The number of nitrogens with one attached hydrogen (secondary N) is 2. The first kappa shape index (κ1) is 13.3. The molecule has 5 nitrogen and oxygen atoms in total. The number of amides is 2. The topological polar surface area (TPSA) is 64.6 Å². The molecule has 0 aromatic rings. The third kappa shape index (κ3) is 4.37. The number of carbonyl (C=O) groups is 1. The van der Waals surface area contributed by atoms with Crippen molar-refractivity contribution < 1.29 is 9.90 Å². The van der Waals surface area contributed by atoms with Gasteiger partial charge in [-0.1, -0.05) is 0 Å². The molecule has 0 aromatic carbocycles. The van der Waals surface area contributed by atoms with Crippen LogP contribution in [0.3, 0.4) is 0 Å². The van der Waals surface area contributed by atoms with E-state index in [4.69, 9.17) is 5.11 Å². The minimum absolute atomic E-state index is 0.0368. The third-order valence-electron chi connectivity index (χ3n) is 3.03. The molecule has 1 saturated carbocycles. The van der Waals surface area contributed by atoms with Gasteiger partial charge in [-0.2, -0.15) is 0 Å². The predicted molar refractivity (Wildman–Crippen MR) is 63.3 cm³/mol. The van der Waals surface area contributed by atoms with E-state index in [1.807, 2.05) is 0 Å². The Morgan fingerprint density at radius 3 is 2.62 bits per heavy atom. The summed E-state index contributed by atoms with van der Waals surface area (Å²) in [5, 5.41) is 14.2. The average Bonchev–Trinajstić information content (AvgIpc) is 3.08. The van der Waals surface area contributed by atoms with Crippen LogP contribution in [0.25, 0.3) is 0 Å². The van der Waals surface area contributed by atoms with E-state index in [-0.39, 0.29) is 18.7 Å². The fraction of sp³-hybridized carbons (Fsp3) is 0.909. The van der Waals surface area contributed by atoms with Gasteiger partial charge in [0.1, 0.15) is 0 Å². The van der Waals surface area contributed by atoms with Crippen molar-refractivity contribution in [3.05, 3.63) is 0 Å². The minimum atomic E-state index is -0.211. The van der Waals surface area contributed by atoms with E-state index < -0.39 is 0 Å². The summed E-state index contributed by atoms with van der Waals surface area (Å²) >= 11 is 0. The van der Waals surface area contributed by atoms with Crippen LogP contribution in [-0.2, 0) is 0 Å². The minimum Gasteiger partial charge on any atom is -0.394 e. The number of hydrogen-bond donors (Lipinski definition) is 3. The van der Waals surface area contributed by atoms with Gasteiger partial charge in [0.25, 0.3) is 0 Å². The zero-order valence-corrected chi connectivity index (χ0v) is 10.4. The molecular weight excluding hydrogens is 206 g/mol. The van der Waals surface area contributed by atoms with Crippen LogP contribution in [0.5, 0.6) is 0 Å². The maximum absolute atomic E-state index is 11.4. The Hall–Kier alpha value is -0.810. The van der Waals surface area contributed by atoms with Gasteiger partial charge < -0.3 is 15.7 Å². The largest absolute Gasteiger partial charge is 0.394 e. The van der Waals surface area contributed by atoms with Crippen LogP contribution in [0, 0.1) is 0 Å². The molecule has 0 heterocycles. The van der Waals surface area contributed by atoms with Crippen LogP contribution < -0.4 is 10.6 Å². The van der Waals surface area contributed by atoms with Gasteiger partial charge in [-0.15, -0.1) is 0 Å². The van der Waals surface area contributed by atoms with E-state index in [0.29, 0.717) is 18.6 Å². The molecule has 1 aliphatic rings. The molecule has 0 bridgehead atoms. The SMILES string of the molecule is CC(CNC(=O)N[C@@H](C)CO)N(C)C1CC1. The van der Waals surface area contributed by atoms with Crippen molar-refractivity contribution >= 4 is 6.03 Å². The van der Waals surface area contributed by atoms with Crippen molar-refractivity contribution in [2.75, 3.05) is 20.2 Å². The van der Waals surface area contributed by atoms with Gasteiger partial charge in [0.05, 0.1) is 12.6 Å². The number of nitrogens with zero attached hydrogens (tertiary/aromatic N) is 1. The average molecular weight is 229 g/mol. The number of aliphatic hydroxyl groups excluding tert-OH is 1. The highest BCUT2D eigenvalue weighted by Gasteiger charge is 2.29. The molecule has 94 valence electrons. The Kier molecular flexibility index (Phi) is 5.02. The molecular formula is C11H23N3O2. The molecule has 16 heavy (non-hydrogen) atoms. The zero-order valence-electron chi connectivity index (χ0n) is 10.4. The maximum atomic E-state index is 11.4. The molecule has 5 heteroatoms. The van der Waals surface area contributed by atoms with Gasteiger partial charge >= 0.3 is 6.03 Å². The smallest absolute Gasteiger partial charge is 0.315 e. The van der Waals surface area contributed by atoms with Gasteiger partial charge in [-0.25, -0.2) is 4.79 Å². The van der Waals surface area contributed by atoms with Crippen molar-refractivity contribution in [1.82, 2.24) is 15.5 Å². The fourth-order valence-electron chi connectivity index (χ4n) is 1.55. The summed E-state index contributed by atoms with van der Waals surface area (Å²) in [7, 11) is 2.10. The molecule has 0 saturated heterocycles. The molecule has 2 atom stereocenters. The Morgan fingerprint density at radius 1 is 1.50 bits per heavy atom. The molecule has 1 fully saturated rings. The Labute approximate surface area is 97.2 Å². The lowest BCUT2D eigenvalue weighted by Crippen LogP contribution is -2.47. The number of carbonyl (C=O) groups excluding carboxylic acids is 1. The highest BCUT2D eigenvalue weighted by Crippen LogP contribution is 2.26. The number of urea groups is 1. The first-order chi connectivity index (χ1) is 7.54. The molecule has 0 aromatic heterocycles. The molecule has 3 N–H and O–H groups in total. The lowest BCUT2D eigenvalue weighted by molar-refractivity contribution is 0.210. The molecule has 1 unspecified atom stereocenters. The highest BCUT2D eigenvalue weighted by molar-refractivity contribution is 5.74. The summed E-state index contributed by atoms with van der Waals surface area (Å²) in [6, 6.07) is 0.646. The van der Waals surface area contributed by atoms with Crippen LogP contribution in [0.1, 0.15) is 26.7 Å². The maximum Gasteiger partial charge on any atom is 0.315 e. The van der Waals surface area contributed by atoms with E-state index in [0.717, 1.165) is 0 Å². The van der Waals surface area contributed by atoms with Crippen molar-refractivity contribution in [2.24, 2.45) is 0 Å². The second-order valence-electron chi connectivity index (χ2n) is 4.68. The summed E-state index contributed by atoms with van der Waals surface area (Å²) in [6.45, 7) is 4.47. The summed E-state index contributed by atoms with van der Waals surface area (Å²) < 4.78 is 0. The normalized spacial score (nSPS) is 19.3. The molecule has 0 aliphatic heterocycles. The fourth-order valence-corrected chi connectivity index (χ4v) is 1.55. The van der Waals surface area contributed by atoms with Gasteiger partial charge in [0, 0.05) is 18.6 Å². The zero-order chi connectivity index (χ0) is 12.1. The van der Waals surface area contributed by atoms with Gasteiger partial charge in [-0.05, 0) is 33.7 Å². The first-order valence-electron chi connectivity index (χ1n) is 5.91. The van der Waals surface area contributed by atoms with Gasteiger partial charge in [0.2, 0.25) is 0 Å². The first-order valence-corrected chi connectivity index (χ1v) is 5.91. The van der Waals surface area contributed by atoms with E-state index in [1.54, 1.807) is 6.92 Å². The molecule has 1 aliphatic carbocycles. The van der Waals surface area contributed by atoms with Crippen LogP contribution in [0.15, 0.2) is 0 Å². The van der Waals surface area contributed by atoms with Crippen molar-refractivity contribution in [1.29, 1.82) is 0 Å².